The van der Waals surface area contributed by atoms with E-state index in [2.05, 4.69) is 15.7 Å². The van der Waals surface area contributed by atoms with E-state index in [0.29, 0.717) is 11.1 Å². The van der Waals surface area contributed by atoms with E-state index in [1.54, 1.807) is 6.92 Å². The maximum absolute atomic E-state index is 12.1. The molecule has 0 spiro atoms. The minimum absolute atomic E-state index is 0.148. The molecule has 19 heavy (non-hydrogen) atoms. The largest absolute Gasteiger partial charge is 0.408 e. The molecule has 1 aromatic heterocycles. The average Bonchev–Trinajstić information content (AvgIpc) is 2.70. The summed E-state index contributed by atoms with van der Waals surface area (Å²) in [4.78, 5) is 11.4. The Morgan fingerprint density at radius 2 is 2.26 bits per heavy atom. The third-order valence-corrected chi connectivity index (χ3v) is 2.28. The number of aliphatic hydroxyl groups is 1. The first-order chi connectivity index (χ1) is 8.84. The second-order valence-electron chi connectivity index (χ2n) is 3.93. The fourth-order valence-corrected chi connectivity index (χ4v) is 1.33. The Labute approximate surface area is 107 Å². The number of hydrogen-bond donors (Lipinski definition) is 3. The first kappa shape index (κ1) is 15.3. The molecule has 0 aliphatic carbocycles. The summed E-state index contributed by atoms with van der Waals surface area (Å²) in [7, 11) is 0. The van der Waals surface area contributed by atoms with Crippen molar-refractivity contribution in [3.8, 4) is 0 Å². The van der Waals surface area contributed by atoms with Gasteiger partial charge in [-0.05, 0) is 6.42 Å². The molecular weight excluding hydrogens is 265 g/mol. The number of urea groups is 1. The van der Waals surface area contributed by atoms with E-state index in [-0.39, 0.29) is 12.3 Å². The molecule has 0 aliphatic heterocycles. The van der Waals surface area contributed by atoms with Gasteiger partial charge in [0, 0.05) is 6.20 Å². The summed E-state index contributed by atoms with van der Waals surface area (Å²) in [5.41, 5.74) is 0.148. The molecule has 1 heterocycles. The molecule has 0 fully saturated rings. The molecule has 1 atom stereocenters. The number of carbonyl (C=O) groups excluding carboxylic acids is 1. The zero-order chi connectivity index (χ0) is 14.5. The highest BCUT2D eigenvalue weighted by molar-refractivity contribution is 5.89. The summed E-state index contributed by atoms with van der Waals surface area (Å²) in [5, 5.41) is 17.2. The van der Waals surface area contributed by atoms with Crippen molar-refractivity contribution < 1.29 is 23.1 Å². The summed E-state index contributed by atoms with van der Waals surface area (Å²) < 4.78 is 36.9. The fourth-order valence-electron chi connectivity index (χ4n) is 1.33. The second kappa shape index (κ2) is 6.41. The monoisotopic (exact) mass is 280 g/mol. The highest BCUT2D eigenvalue weighted by Gasteiger charge is 2.28. The van der Waals surface area contributed by atoms with Crippen LogP contribution in [-0.2, 0) is 6.54 Å². The molecule has 0 saturated carbocycles. The van der Waals surface area contributed by atoms with Gasteiger partial charge in [0.2, 0.25) is 0 Å². The number of aliphatic hydroxyl groups excluding tert-OH is 1. The molecular formula is C10H15F3N4O2. The van der Waals surface area contributed by atoms with Gasteiger partial charge in [0.15, 0.2) is 0 Å². The van der Waals surface area contributed by atoms with Crippen LogP contribution >= 0.6 is 0 Å². The topological polar surface area (TPSA) is 79.2 Å². The van der Waals surface area contributed by atoms with Gasteiger partial charge in [0.05, 0.1) is 24.5 Å². The van der Waals surface area contributed by atoms with Crippen molar-refractivity contribution in [2.45, 2.75) is 32.1 Å². The SMILES string of the molecule is CC[C@@H](CO)NC(=O)Nc1cnn(CC(F)(F)F)c1. The molecule has 0 radical (unpaired) electrons. The first-order valence-corrected chi connectivity index (χ1v) is 5.61. The number of hydrogen-bond acceptors (Lipinski definition) is 3. The Hall–Kier alpha value is -1.77. The Balaban J connectivity index is 2.51. The van der Waals surface area contributed by atoms with Gasteiger partial charge in [-0.3, -0.25) is 4.68 Å². The molecule has 3 N–H and O–H groups in total. The summed E-state index contributed by atoms with van der Waals surface area (Å²) in [6.07, 6.45) is -1.63. The summed E-state index contributed by atoms with van der Waals surface area (Å²) >= 11 is 0. The zero-order valence-electron chi connectivity index (χ0n) is 10.2. The number of halogens is 3. The van der Waals surface area contributed by atoms with Gasteiger partial charge in [-0.1, -0.05) is 6.92 Å². The van der Waals surface area contributed by atoms with Gasteiger partial charge < -0.3 is 15.7 Å². The average molecular weight is 280 g/mol. The number of nitrogens with zero attached hydrogens (tertiary/aromatic N) is 2. The van der Waals surface area contributed by atoms with Gasteiger partial charge in [-0.2, -0.15) is 18.3 Å². The van der Waals surface area contributed by atoms with Crippen LogP contribution < -0.4 is 10.6 Å². The van der Waals surface area contributed by atoms with Crippen LogP contribution in [0.1, 0.15) is 13.3 Å². The van der Waals surface area contributed by atoms with Gasteiger partial charge in [-0.15, -0.1) is 0 Å². The van der Waals surface area contributed by atoms with Crippen LogP contribution in [0.3, 0.4) is 0 Å². The van der Waals surface area contributed by atoms with E-state index in [9.17, 15) is 18.0 Å². The van der Waals surface area contributed by atoms with Crippen LogP contribution in [0.15, 0.2) is 12.4 Å². The Morgan fingerprint density at radius 3 is 2.79 bits per heavy atom. The van der Waals surface area contributed by atoms with E-state index in [0.717, 1.165) is 12.4 Å². The molecule has 0 aromatic carbocycles. The number of carbonyl (C=O) groups is 1. The van der Waals surface area contributed by atoms with Crippen molar-refractivity contribution in [1.29, 1.82) is 0 Å². The highest BCUT2D eigenvalue weighted by Crippen LogP contribution is 2.17. The summed E-state index contributed by atoms with van der Waals surface area (Å²) in [5.74, 6) is 0. The predicted molar refractivity (Wildman–Crippen MR) is 61.6 cm³/mol. The van der Waals surface area contributed by atoms with Gasteiger partial charge in [-0.25, -0.2) is 4.79 Å². The molecule has 1 rings (SSSR count). The lowest BCUT2D eigenvalue weighted by molar-refractivity contribution is -0.142. The molecule has 2 amide bonds. The van der Waals surface area contributed by atoms with Crippen molar-refractivity contribution in [3.63, 3.8) is 0 Å². The van der Waals surface area contributed by atoms with Crippen molar-refractivity contribution in [1.82, 2.24) is 15.1 Å². The molecule has 0 unspecified atom stereocenters. The van der Waals surface area contributed by atoms with Crippen LogP contribution in [-0.4, -0.2) is 39.7 Å². The van der Waals surface area contributed by atoms with Gasteiger partial charge in [0.25, 0.3) is 0 Å². The van der Waals surface area contributed by atoms with Crippen molar-refractivity contribution in [3.05, 3.63) is 12.4 Å². The van der Waals surface area contributed by atoms with Crippen molar-refractivity contribution in [2.24, 2.45) is 0 Å². The maximum Gasteiger partial charge on any atom is 0.408 e. The molecule has 0 saturated heterocycles. The lowest BCUT2D eigenvalue weighted by Crippen LogP contribution is -2.39. The Morgan fingerprint density at radius 1 is 1.58 bits per heavy atom. The fraction of sp³-hybridized carbons (Fsp3) is 0.600. The van der Waals surface area contributed by atoms with Crippen LogP contribution in [0.5, 0.6) is 0 Å². The number of amides is 2. The van der Waals surface area contributed by atoms with Crippen LogP contribution in [0.25, 0.3) is 0 Å². The van der Waals surface area contributed by atoms with Crippen LogP contribution in [0.4, 0.5) is 23.7 Å². The summed E-state index contributed by atoms with van der Waals surface area (Å²) in [6.45, 7) is 0.351. The Bertz CT molecular complexity index is 415. The van der Waals surface area contributed by atoms with Gasteiger partial charge in [0.1, 0.15) is 6.54 Å². The number of aromatic nitrogens is 2. The smallest absolute Gasteiger partial charge is 0.394 e. The van der Waals surface area contributed by atoms with E-state index in [1.807, 2.05) is 0 Å². The van der Waals surface area contributed by atoms with E-state index < -0.39 is 24.8 Å². The number of alkyl halides is 3. The van der Waals surface area contributed by atoms with Crippen LogP contribution in [0, 0.1) is 0 Å². The molecule has 1 aromatic rings. The summed E-state index contributed by atoms with van der Waals surface area (Å²) in [6, 6.07) is -1.00. The number of rotatable bonds is 5. The zero-order valence-corrected chi connectivity index (χ0v) is 10.2. The molecule has 9 heteroatoms. The lowest BCUT2D eigenvalue weighted by atomic mass is 10.2. The number of nitrogens with one attached hydrogen (secondary N) is 2. The first-order valence-electron chi connectivity index (χ1n) is 5.61. The van der Waals surface area contributed by atoms with Crippen LogP contribution in [0.2, 0.25) is 0 Å². The van der Waals surface area contributed by atoms with Crippen molar-refractivity contribution >= 4 is 11.7 Å². The lowest BCUT2D eigenvalue weighted by Gasteiger charge is -2.13. The molecule has 0 aliphatic rings. The van der Waals surface area contributed by atoms with Gasteiger partial charge >= 0.3 is 12.2 Å². The second-order valence-corrected chi connectivity index (χ2v) is 3.93. The van der Waals surface area contributed by atoms with E-state index >= 15 is 0 Å². The van der Waals surface area contributed by atoms with E-state index in [4.69, 9.17) is 5.11 Å². The maximum atomic E-state index is 12.1. The Kier molecular flexibility index (Phi) is 5.16. The third-order valence-electron chi connectivity index (χ3n) is 2.28. The van der Waals surface area contributed by atoms with E-state index in [1.165, 1.54) is 0 Å². The quantitative estimate of drug-likeness (QED) is 0.761. The molecule has 0 bridgehead atoms. The van der Waals surface area contributed by atoms with Crippen molar-refractivity contribution in [2.75, 3.05) is 11.9 Å². The predicted octanol–water partition coefficient (Wildman–Crippen LogP) is 1.34. The molecule has 108 valence electrons. The molecule has 6 nitrogen and oxygen atoms in total. The third kappa shape index (κ3) is 5.60. The highest BCUT2D eigenvalue weighted by atomic mass is 19.4. The minimum atomic E-state index is -4.37. The normalized spacial score (nSPS) is 13.1. The standard InChI is InChI=1S/C10H15F3N4O2/c1-2-7(5-18)15-9(19)16-8-3-14-17(4-8)6-10(11,12)13/h3-4,7,18H,2,5-6H2,1H3,(H2,15,16,19)/t7-/m0/s1. The minimum Gasteiger partial charge on any atom is -0.394 e. The number of anilines is 1.